The number of hydrogen-bond donors (Lipinski definition) is 1. The van der Waals surface area contributed by atoms with Crippen LogP contribution >= 0.6 is 11.3 Å². The Balaban J connectivity index is 1.74. The van der Waals surface area contributed by atoms with Crippen molar-refractivity contribution in [2.45, 2.75) is 26.3 Å². The number of carbonyl (C=O) groups excluding carboxylic acids is 4. The summed E-state index contributed by atoms with van der Waals surface area (Å²) in [6.45, 7) is 1.64. The van der Waals surface area contributed by atoms with Gasteiger partial charge in [0.15, 0.2) is 4.80 Å². The molecule has 4 rings (SSSR count). The largest absolute Gasteiger partial charge is 0.326 e. The van der Waals surface area contributed by atoms with Crippen LogP contribution in [0.4, 0.5) is 11.4 Å². The summed E-state index contributed by atoms with van der Waals surface area (Å²) in [7, 11) is 0. The molecule has 32 heavy (non-hydrogen) atoms. The molecule has 0 aliphatic carbocycles. The molecule has 3 aromatic rings. The number of rotatable bonds is 4. The molecular weight excluding hydrogens is 428 g/mol. The lowest BCUT2D eigenvalue weighted by Crippen LogP contribution is -2.28. The minimum atomic E-state index is -0.523. The third-order valence-corrected chi connectivity index (χ3v) is 5.89. The predicted molar refractivity (Wildman–Crippen MR) is 121 cm³/mol. The smallest absolute Gasteiger partial charge is 0.279 e. The first kappa shape index (κ1) is 21.2. The van der Waals surface area contributed by atoms with Gasteiger partial charge in [0, 0.05) is 31.0 Å². The molecule has 1 aliphatic heterocycles. The zero-order chi connectivity index (χ0) is 22.8. The molecule has 8 nitrogen and oxygen atoms in total. The molecular formula is C23H18N4O4S. The maximum Gasteiger partial charge on any atom is 0.279 e. The number of imide groups is 1. The summed E-state index contributed by atoms with van der Waals surface area (Å²) < 4.78 is 2.55. The summed E-state index contributed by atoms with van der Waals surface area (Å²) in [5.74, 6) is 1.28. The molecule has 160 valence electrons. The van der Waals surface area contributed by atoms with Gasteiger partial charge < -0.3 is 9.88 Å². The van der Waals surface area contributed by atoms with E-state index in [0.29, 0.717) is 16.2 Å². The highest BCUT2D eigenvalue weighted by atomic mass is 32.1. The predicted octanol–water partition coefficient (Wildman–Crippen LogP) is 2.69. The second-order valence-electron chi connectivity index (χ2n) is 7.13. The SMILES string of the molecule is C#CCn1c(=NC(=O)c2cccc(N3C(=O)CCC3=O)c2)sc2cc(NC(C)=O)ccc21. The first-order valence-corrected chi connectivity index (χ1v) is 10.6. The van der Waals surface area contributed by atoms with Gasteiger partial charge in [-0.3, -0.25) is 24.1 Å². The van der Waals surface area contributed by atoms with Crippen molar-refractivity contribution >= 4 is 56.6 Å². The van der Waals surface area contributed by atoms with Crippen LogP contribution < -0.4 is 15.0 Å². The Bertz CT molecular complexity index is 1380. The topological polar surface area (TPSA) is 101 Å². The Kier molecular flexibility index (Phi) is 5.71. The van der Waals surface area contributed by atoms with Gasteiger partial charge in [-0.1, -0.05) is 23.3 Å². The van der Waals surface area contributed by atoms with Gasteiger partial charge in [0.05, 0.1) is 22.4 Å². The average molecular weight is 446 g/mol. The average Bonchev–Trinajstić information content (AvgIpc) is 3.26. The van der Waals surface area contributed by atoms with E-state index < -0.39 is 5.91 Å². The van der Waals surface area contributed by atoms with Gasteiger partial charge in [0.25, 0.3) is 5.91 Å². The van der Waals surface area contributed by atoms with Crippen LogP contribution in [-0.4, -0.2) is 28.2 Å². The van der Waals surface area contributed by atoms with Crippen LogP contribution in [0.3, 0.4) is 0 Å². The highest BCUT2D eigenvalue weighted by Gasteiger charge is 2.30. The number of hydrogen-bond acceptors (Lipinski definition) is 5. The Morgan fingerprint density at radius 3 is 2.59 bits per heavy atom. The number of amides is 4. The van der Waals surface area contributed by atoms with E-state index in [9.17, 15) is 19.2 Å². The van der Waals surface area contributed by atoms with Crippen molar-refractivity contribution in [1.29, 1.82) is 0 Å². The van der Waals surface area contributed by atoms with Gasteiger partial charge in [-0.25, -0.2) is 0 Å². The molecule has 1 fully saturated rings. The molecule has 2 aromatic carbocycles. The molecule has 1 aromatic heterocycles. The fraction of sp³-hybridized carbons (Fsp3) is 0.174. The van der Waals surface area contributed by atoms with Crippen LogP contribution in [-0.2, 0) is 20.9 Å². The molecule has 0 spiro atoms. The fourth-order valence-electron chi connectivity index (χ4n) is 3.48. The maximum atomic E-state index is 12.9. The van der Waals surface area contributed by atoms with E-state index in [1.165, 1.54) is 24.3 Å². The van der Waals surface area contributed by atoms with Crippen molar-refractivity contribution in [3.05, 3.63) is 52.8 Å². The van der Waals surface area contributed by atoms with E-state index in [1.807, 2.05) is 6.07 Å². The Hall–Kier alpha value is -4.03. The summed E-state index contributed by atoms with van der Waals surface area (Å²) >= 11 is 1.27. The van der Waals surface area contributed by atoms with E-state index in [1.54, 1.807) is 34.9 Å². The van der Waals surface area contributed by atoms with Crippen LogP contribution in [0.5, 0.6) is 0 Å². The lowest BCUT2D eigenvalue weighted by molar-refractivity contribution is -0.121. The number of terminal acetylenes is 1. The number of thiazole rings is 1. The molecule has 0 saturated carbocycles. The maximum absolute atomic E-state index is 12.9. The third kappa shape index (κ3) is 4.08. The minimum Gasteiger partial charge on any atom is -0.326 e. The van der Waals surface area contributed by atoms with Gasteiger partial charge in [0.2, 0.25) is 17.7 Å². The van der Waals surface area contributed by atoms with E-state index in [2.05, 4.69) is 16.2 Å². The molecule has 9 heteroatoms. The van der Waals surface area contributed by atoms with Crippen molar-refractivity contribution in [2.24, 2.45) is 4.99 Å². The molecule has 1 aliphatic rings. The molecule has 0 radical (unpaired) electrons. The van der Waals surface area contributed by atoms with Gasteiger partial charge >= 0.3 is 0 Å². The van der Waals surface area contributed by atoms with Crippen LogP contribution in [0.25, 0.3) is 10.2 Å². The number of carbonyl (C=O) groups is 4. The van der Waals surface area contributed by atoms with E-state index in [4.69, 9.17) is 6.42 Å². The molecule has 1 saturated heterocycles. The zero-order valence-electron chi connectivity index (χ0n) is 17.1. The molecule has 0 bridgehead atoms. The Morgan fingerprint density at radius 1 is 1.16 bits per heavy atom. The monoisotopic (exact) mass is 446 g/mol. The molecule has 1 N–H and O–H groups in total. The first-order valence-electron chi connectivity index (χ1n) is 9.76. The number of nitrogens with zero attached hydrogens (tertiary/aromatic N) is 3. The zero-order valence-corrected chi connectivity index (χ0v) is 17.9. The highest BCUT2D eigenvalue weighted by Crippen LogP contribution is 2.24. The second-order valence-corrected chi connectivity index (χ2v) is 8.14. The normalized spacial score (nSPS) is 14.1. The Morgan fingerprint density at radius 2 is 1.91 bits per heavy atom. The Labute approximate surface area is 187 Å². The van der Waals surface area contributed by atoms with Crippen molar-refractivity contribution in [1.82, 2.24) is 4.57 Å². The second kappa shape index (κ2) is 8.61. The first-order chi connectivity index (χ1) is 15.4. The van der Waals surface area contributed by atoms with Crippen LogP contribution in [0.15, 0.2) is 47.5 Å². The van der Waals surface area contributed by atoms with Crippen molar-refractivity contribution < 1.29 is 19.2 Å². The minimum absolute atomic E-state index is 0.162. The summed E-state index contributed by atoms with van der Waals surface area (Å²) in [6.07, 6.45) is 5.84. The van der Waals surface area contributed by atoms with E-state index >= 15 is 0 Å². The number of anilines is 2. The van der Waals surface area contributed by atoms with Gasteiger partial charge in [-0.05, 0) is 36.4 Å². The highest BCUT2D eigenvalue weighted by molar-refractivity contribution is 7.16. The number of fused-ring (bicyclic) bond motifs is 1. The lowest BCUT2D eigenvalue weighted by Gasteiger charge is -2.14. The van der Waals surface area contributed by atoms with E-state index in [-0.39, 0.29) is 42.7 Å². The van der Waals surface area contributed by atoms with Crippen molar-refractivity contribution in [3.63, 3.8) is 0 Å². The van der Waals surface area contributed by atoms with Gasteiger partial charge in [0.1, 0.15) is 0 Å². The third-order valence-electron chi connectivity index (χ3n) is 4.85. The van der Waals surface area contributed by atoms with Crippen LogP contribution in [0, 0.1) is 12.3 Å². The van der Waals surface area contributed by atoms with Gasteiger partial charge in [-0.15, -0.1) is 6.42 Å². The molecule has 0 unspecified atom stereocenters. The van der Waals surface area contributed by atoms with Crippen LogP contribution in [0.2, 0.25) is 0 Å². The summed E-state index contributed by atoms with van der Waals surface area (Å²) in [6, 6.07) is 11.6. The fourth-order valence-corrected chi connectivity index (χ4v) is 4.54. The van der Waals surface area contributed by atoms with E-state index in [0.717, 1.165) is 15.1 Å². The van der Waals surface area contributed by atoms with Gasteiger partial charge in [-0.2, -0.15) is 4.99 Å². The molecule has 0 atom stereocenters. The number of nitrogens with one attached hydrogen (secondary N) is 1. The van der Waals surface area contributed by atoms with Crippen molar-refractivity contribution in [2.75, 3.05) is 10.2 Å². The summed E-state index contributed by atoms with van der Waals surface area (Å²) in [4.78, 5) is 54.0. The standard InChI is InChI=1S/C23H18N4O4S/c1-3-11-26-18-8-7-16(24-14(2)28)13-19(18)32-23(26)25-22(31)15-5-4-6-17(12-15)27-20(29)9-10-21(27)30/h1,4-8,12-13H,9-11H2,2H3,(H,24,28). The van der Waals surface area contributed by atoms with Crippen LogP contribution in [0.1, 0.15) is 30.1 Å². The molecule has 4 amide bonds. The van der Waals surface area contributed by atoms with Crippen molar-refractivity contribution in [3.8, 4) is 12.3 Å². The molecule has 2 heterocycles. The number of benzene rings is 2. The number of aromatic nitrogens is 1. The lowest BCUT2D eigenvalue weighted by atomic mass is 10.2. The summed E-state index contributed by atoms with van der Waals surface area (Å²) in [5.41, 5.74) is 2.02. The quantitative estimate of drug-likeness (QED) is 0.492. The summed E-state index contributed by atoms with van der Waals surface area (Å²) in [5, 5.41) is 2.73.